The lowest BCUT2D eigenvalue weighted by Crippen LogP contribution is -2.49. The van der Waals surface area contributed by atoms with Crippen LogP contribution in [-0.4, -0.2) is 110 Å². The predicted molar refractivity (Wildman–Crippen MR) is 189 cm³/mol. The summed E-state index contributed by atoms with van der Waals surface area (Å²) in [5.74, 6) is 0.994. The second-order valence-corrected chi connectivity index (χ2v) is 13.0. The highest BCUT2D eigenvalue weighted by Crippen LogP contribution is 2.30. The Morgan fingerprint density at radius 3 is 2.22 bits per heavy atom. The van der Waals surface area contributed by atoms with Gasteiger partial charge in [-0.1, -0.05) is 18.2 Å². The SMILES string of the molecule is COc1ccc(CCN2CCN(C(=O)c3cccc(Nc4ccc5c(c4)c(C)c(C)n5CCCN4CCN(C)CC4)c3)CC2)cc1. The molecule has 8 nitrogen and oxygen atoms in total. The van der Waals surface area contributed by atoms with Gasteiger partial charge >= 0.3 is 0 Å². The zero-order valence-electron chi connectivity index (χ0n) is 28.1. The number of likely N-dealkylation sites (N-methyl/N-ethyl adjacent to an activating group) is 1. The molecule has 2 aliphatic rings. The maximum absolute atomic E-state index is 13.5. The van der Waals surface area contributed by atoms with E-state index in [1.165, 1.54) is 53.9 Å². The Bertz CT molecular complexity index is 1610. The fourth-order valence-electron chi connectivity index (χ4n) is 6.87. The molecule has 1 amide bonds. The lowest BCUT2D eigenvalue weighted by molar-refractivity contribution is 0.0638. The average Bonchev–Trinajstić information content (AvgIpc) is 3.32. The highest BCUT2D eigenvalue weighted by molar-refractivity contribution is 5.95. The Morgan fingerprint density at radius 1 is 0.783 bits per heavy atom. The molecular weight excluding hydrogens is 572 g/mol. The molecule has 0 unspecified atom stereocenters. The molecule has 4 aromatic rings. The third kappa shape index (κ3) is 7.57. The molecule has 8 heteroatoms. The van der Waals surface area contributed by atoms with Crippen molar-refractivity contribution in [2.75, 3.05) is 84.9 Å². The predicted octanol–water partition coefficient (Wildman–Crippen LogP) is 5.65. The number of nitrogens with zero attached hydrogens (tertiary/aromatic N) is 5. The number of ether oxygens (including phenoxy) is 1. The first-order valence-corrected chi connectivity index (χ1v) is 16.9. The monoisotopic (exact) mass is 622 g/mol. The summed E-state index contributed by atoms with van der Waals surface area (Å²) in [7, 11) is 3.91. The van der Waals surface area contributed by atoms with Crippen LogP contribution in [0, 0.1) is 13.8 Å². The van der Waals surface area contributed by atoms with Gasteiger partial charge in [-0.3, -0.25) is 9.69 Å². The molecule has 3 heterocycles. The molecule has 1 N–H and O–H groups in total. The van der Waals surface area contributed by atoms with Gasteiger partial charge in [-0.15, -0.1) is 0 Å². The molecule has 0 saturated carbocycles. The van der Waals surface area contributed by atoms with E-state index in [-0.39, 0.29) is 5.91 Å². The molecule has 0 bridgehead atoms. The Kier molecular flexibility index (Phi) is 10.3. The zero-order valence-corrected chi connectivity index (χ0v) is 28.1. The number of hydrogen-bond acceptors (Lipinski definition) is 6. The fourth-order valence-corrected chi connectivity index (χ4v) is 6.87. The minimum absolute atomic E-state index is 0.106. The quantitative estimate of drug-likeness (QED) is 0.234. The highest BCUT2D eigenvalue weighted by Gasteiger charge is 2.22. The van der Waals surface area contributed by atoms with E-state index in [4.69, 9.17) is 4.74 Å². The van der Waals surface area contributed by atoms with Crippen LogP contribution in [0.5, 0.6) is 5.75 Å². The van der Waals surface area contributed by atoms with Crippen molar-refractivity contribution in [3.8, 4) is 5.75 Å². The van der Waals surface area contributed by atoms with Gasteiger partial charge in [-0.2, -0.15) is 0 Å². The Morgan fingerprint density at radius 2 is 1.48 bits per heavy atom. The second kappa shape index (κ2) is 14.7. The van der Waals surface area contributed by atoms with Crippen LogP contribution in [-0.2, 0) is 13.0 Å². The third-order valence-electron chi connectivity index (χ3n) is 10.0. The van der Waals surface area contributed by atoms with E-state index >= 15 is 0 Å². The number of methoxy groups -OCH3 is 1. The Balaban J connectivity index is 1.03. The number of nitrogens with one attached hydrogen (secondary N) is 1. The van der Waals surface area contributed by atoms with Crippen LogP contribution in [0.3, 0.4) is 0 Å². The standard InChI is InChI=1S/C38H50N6O2/c1-29-30(2)44(17-6-16-41-21-19-40(3)20-22-41)37-14-11-34(28-36(29)37)39-33-8-5-7-32(27-33)38(45)43-25-23-42(24-26-43)18-15-31-9-12-35(46-4)13-10-31/h5,7-14,27-28,39H,6,15-26H2,1-4H3. The van der Waals surface area contributed by atoms with Crippen molar-refractivity contribution in [1.82, 2.24) is 24.2 Å². The second-order valence-electron chi connectivity index (χ2n) is 13.0. The molecule has 0 radical (unpaired) electrons. The van der Waals surface area contributed by atoms with Gasteiger partial charge < -0.3 is 29.3 Å². The van der Waals surface area contributed by atoms with Crippen LogP contribution in [0.1, 0.15) is 33.6 Å². The summed E-state index contributed by atoms with van der Waals surface area (Å²) < 4.78 is 7.76. The van der Waals surface area contributed by atoms with Crippen LogP contribution >= 0.6 is 0 Å². The Hall–Kier alpha value is -3.85. The number of hydrogen-bond donors (Lipinski definition) is 1. The summed E-state index contributed by atoms with van der Waals surface area (Å²) in [4.78, 5) is 22.9. The molecule has 2 fully saturated rings. The highest BCUT2D eigenvalue weighted by atomic mass is 16.5. The van der Waals surface area contributed by atoms with Crippen molar-refractivity contribution < 1.29 is 9.53 Å². The van der Waals surface area contributed by atoms with Crippen LogP contribution in [0.25, 0.3) is 10.9 Å². The average molecular weight is 623 g/mol. The van der Waals surface area contributed by atoms with E-state index in [2.05, 4.69) is 75.8 Å². The lowest BCUT2D eigenvalue weighted by atomic mass is 10.1. The number of rotatable bonds is 11. The molecule has 0 aliphatic carbocycles. The normalized spacial score (nSPS) is 16.7. The number of carbonyl (C=O) groups excluding carboxylic acids is 1. The van der Waals surface area contributed by atoms with Crippen LogP contribution < -0.4 is 10.1 Å². The molecule has 3 aromatic carbocycles. The first kappa shape index (κ1) is 32.1. The zero-order chi connectivity index (χ0) is 32.0. The number of benzene rings is 3. The Labute approximate surface area is 274 Å². The smallest absolute Gasteiger partial charge is 0.254 e. The molecule has 46 heavy (non-hydrogen) atoms. The van der Waals surface area contributed by atoms with E-state index in [1.54, 1.807) is 7.11 Å². The molecule has 0 spiro atoms. The summed E-state index contributed by atoms with van der Waals surface area (Å²) >= 11 is 0. The van der Waals surface area contributed by atoms with Crippen molar-refractivity contribution in [3.63, 3.8) is 0 Å². The molecule has 2 aliphatic heterocycles. The number of aryl methyl sites for hydroxylation is 2. The maximum Gasteiger partial charge on any atom is 0.254 e. The van der Waals surface area contributed by atoms with Gasteiger partial charge in [0.25, 0.3) is 5.91 Å². The number of piperazine rings is 2. The van der Waals surface area contributed by atoms with Gasteiger partial charge in [0, 0.05) is 99.0 Å². The van der Waals surface area contributed by atoms with Crippen LogP contribution in [0.4, 0.5) is 11.4 Å². The van der Waals surface area contributed by atoms with Gasteiger partial charge in [0.05, 0.1) is 7.11 Å². The third-order valence-corrected chi connectivity index (χ3v) is 10.0. The van der Waals surface area contributed by atoms with Gasteiger partial charge in [-0.05, 0) is 99.9 Å². The van der Waals surface area contributed by atoms with Crippen molar-refractivity contribution in [2.45, 2.75) is 33.2 Å². The minimum atomic E-state index is 0.106. The topological polar surface area (TPSA) is 56.2 Å². The van der Waals surface area contributed by atoms with Crippen LogP contribution in [0.2, 0.25) is 0 Å². The van der Waals surface area contributed by atoms with E-state index in [9.17, 15) is 4.79 Å². The number of amides is 1. The molecular formula is C38H50N6O2. The van der Waals surface area contributed by atoms with Crippen LogP contribution in [0.15, 0.2) is 66.7 Å². The van der Waals surface area contributed by atoms with Gasteiger partial charge in [-0.25, -0.2) is 0 Å². The summed E-state index contributed by atoms with van der Waals surface area (Å²) in [6, 6.07) is 22.9. The van der Waals surface area contributed by atoms with E-state index in [1.807, 2.05) is 41.3 Å². The molecule has 6 rings (SSSR count). The lowest BCUT2D eigenvalue weighted by Gasteiger charge is -2.34. The number of carbonyl (C=O) groups is 1. The van der Waals surface area contributed by atoms with Crippen molar-refractivity contribution in [3.05, 3.63) is 89.1 Å². The van der Waals surface area contributed by atoms with Gasteiger partial charge in [0.2, 0.25) is 0 Å². The summed E-state index contributed by atoms with van der Waals surface area (Å²) in [6.45, 7) is 15.6. The minimum Gasteiger partial charge on any atom is -0.497 e. The molecule has 0 atom stereocenters. The van der Waals surface area contributed by atoms with Gasteiger partial charge in [0.15, 0.2) is 0 Å². The van der Waals surface area contributed by atoms with Gasteiger partial charge in [0.1, 0.15) is 5.75 Å². The maximum atomic E-state index is 13.5. The first-order chi connectivity index (χ1) is 22.4. The summed E-state index contributed by atoms with van der Waals surface area (Å²) in [5, 5.41) is 4.87. The molecule has 1 aromatic heterocycles. The molecule has 2 saturated heterocycles. The first-order valence-electron chi connectivity index (χ1n) is 16.9. The number of fused-ring (bicyclic) bond motifs is 1. The van der Waals surface area contributed by atoms with E-state index < -0.39 is 0 Å². The largest absolute Gasteiger partial charge is 0.497 e. The van der Waals surface area contributed by atoms with E-state index in [0.29, 0.717) is 0 Å². The number of anilines is 2. The van der Waals surface area contributed by atoms with Crippen molar-refractivity contribution in [2.24, 2.45) is 0 Å². The number of aromatic nitrogens is 1. The fraction of sp³-hybridized carbons (Fsp3) is 0.447. The summed E-state index contributed by atoms with van der Waals surface area (Å²) in [5.41, 5.74) is 8.00. The van der Waals surface area contributed by atoms with Crippen molar-refractivity contribution >= 4 is 28.2 Å². The summed E-state index contributed by atoms with van der Waals surface area (Å²) in [6.07, 6.45) is 2.16. The molecule has 244 valence electrons. The van der Waals surface area contributed by atoms with Crippen molar-refractivity contribution in [1.29, 1.82) is 0 Å². The van der Waals surface area contributed by atoms with E-state index in [0.717, 1.165) is 81.3 Å².